The molecule has 0 fully saturated rings. The Morgan fingerprint density at radius 1 is 1.24 bits per heavy atom. The normalized spacial score (nSPS) is 10.4. The molecule has 1 aromatic heterocycles. The summed E-state index contributed by atoms with van der Waals surface area (Å²) >= 11 is 9.42. The number of hydrogen-bond donors (Lipinski definition) is 1. The minimum Gasteiger partial charge on any atom is -0.475 e. The molecule has 6 heteroatoms. The lowest BCUT2D eigenvalue weighted by Crippen LogP contribution is -2.05. The number of hydrogen-bond acceptors (Lipinski definition) is 4. The van der Waals surface area contributed by atoms with Crippen molar-refractivity contribution in [3.63, 3.8) is 0 Å². The third-order valence-electron chi connectivity index (χ3n) is 2.77. The van der Waals surface area contributed by atoms with Crippen LogP contribution in [0.15, 0.2) is 41.0 Å². The minimum atomic E-state index is 0.494. The van der Waals surface area contributed by atoms with E-state index in [9.17, 15) is 0 Å². The van der Waals surface area contributed by atoms with Gasteiger partial charge in [-0.3, -0.25) is 0 Å². The minimum absolute atomic E-state index is 0.494. The van der Waals surface area contributed by atoms with Crippen LogP contribution in [-0.4, -0.2) is 25.3 Å². The van der Waals surface area contributed by atoms with E-state index in [1.807, 2.05) is 30.3 Å². The average Bonchev–Trinajstić information content (AvgIpc) is 2.48. The first kappa shape index (κ1) is 16.1. The third-order valence-corrected chi connectivity index (χ3v) is 3.75. The Morgan fingerprint density at radius 2 is 2.10 bits per heavy atom. The second kappa shape index (κ2) is 8.22. The molecule has 1 N–H and O–H groups in total. The number of nitrogens with one attached hydrogen (secondary N) is 1. The molecule has 0 atom stereocenters. The van der Waals surface area contributed by atoms with Gasteiger partial charge in [0.25, 0.3) is 0 Å². The van der Waals surface area contributed by atoms with E-state index in [0.717, 1.165) is 15.7 Å². The van der Waals surface area contributed by atoms with E-state index in [1.165, 1.54) is 0 Å². The molecule has 0 saturated heterocycles. The van der Waals surface area contributed by atoms with Gasteiger partial charge in [-0.05, 0) is 23.8 Å². The summed E-state index contributed by atoms with van der Waals surface area (Å²) < 4.78 is 11.3. The van der Waals surface area contributed by atoms with Crippen molar-refractivity contribution in [3.05, 3.63) is 51.6 Å². The molecule has 1 aromatic carbocycles. The van der Waals surface area contributed by atoms with E-state index in [1.54, 1.807) is 13.3 Å². The van der Waals surface area contributed by atoms with Crippen LogP contribution in [0.1, 0.15) is 5.56 Å². The third kappa shape index (κ3) is 5.19. The Labute approximate surface area is 137 Å². The second-order valence-corrected chi connectivity index (χ2v) is 5.61. The quantitative estimate of drug-likeness (QED) is 0.743. The van der Waals surface area contributed by atoms with Crippen LogP contribution in [0.25, 0.3) is 0 Å². The number of ether oxygens (including phenoxy) is 2. The van der Waals surface area contributed by atoms with E-state index < -0.39 is 0 Å². The maximum Gasteiger partial charge on any atom is 0.213 e. The summed E-state index contributed by atoms with van der Waals surface area (Å²) in [5.41, 5.74) is 2.05. The van der Waals surface area contributed by atoms with Crippen LogP contribution in [0.2, 0.25) is 5.02 Å². The molecule has 0 amide bonds. The van der Waals surface area contributed by atoms with Gasteiger partial charge in [0.05, 0.1) is 18.5 Å². The van der Waals surface area contributed by atoms with Gasteiger partial charge in [0.1, 0.15) is 6.61 Å². The van der Waals surface area contributed by atoms with E-state index in [0.29, 0.717) is 30.7 Å². The molecular formula is C15H16BrClN2O2. The van der Waals surface area contributed by atoms with Crippen LogP contribution >= 0.6 is 27.5 Å². The van der Waals surface area contributed by atoms with Gasteiger partial charge in [-0.15, -0.1) is 0 Å². The number of methoxy groups -OCH3 is 1. The largest absolute Gasteiger partial charge is 0.475 e. The van der Waals surface area contributed by atoms with Crippen LogP contribution in [0, 0.1) is 0 Å². The van der Waals surface area contributed by atoms with Crippen LogP contribution < -0.4 is 10.1 Å². The molecule has 0 unspecified atom stereocenters. The first-order valence-electron chi connectivity index (χ1n) is 6.44. The lowest BCUT2D eigenvalue weighted by atomic mass is 10.2. The summed E-state index contributed by atoms with van der Waals surface area (Å²) in [5.74, 6) is 0.588. The zero-order valence-electron chi connectivity index (χ0n) is 11.6. The predicted molar refractivity (Wildman–Crippen MR) is 88.1 cm³/mol. The molecule has 112 valence electrons. The molecule has 1 heterocycles. The van der Waals surface area contributed by atoms with Gasteiger partial charge in [0, 0.05) is 29.2 Å². The van der Waals surface area contributed by atoms with Crippen molar-refractivity contribution in [2.45, 2.75) is 6.54 Å². The Balaban J connectivity index is 1.88. The summed E-state index contributed by atoms with van der Waals surface area (Å²) in [4.78, 5) is 4.23. The van der Waals surface area contributed by atoms with E-state index in [2.05, 4.69) is 26.2 Å². The maximum absolute atomic E-state index is 5.92. The number of benzene rings is 1. The molecule has 2 rings (SSSR count). The van der Waals surface area contributed by atoms with Crippen molar-refractivity contribution >= 4 is 33.2 Å². The summed E-state index contributed by atoms with van der Waals surface area (Å²) in [5, 5.41) is 4.01. The number of halogens is 2. The van der Waals surface area contributed by atoms with Gasteiger partial charge in [-0.1, -0.05) is 33.6 Å². The van der Waals surface area contributed by atoms with Crippen molar-refractivity contribution in [1.82, 2.24) is 4.98 Å². The first-order chi connectivity index (χ1) is 10.2. The monoisotopic (exact) mass is 370 g/mol. The highest BCUT2D eigenvalue weighted by Crippen LogP contribution is 2.22. The van der Waals surface area contributed by atoms with Gasteiger partial charge in [0.15, 0.2) is 0 Å². The molecule has 4 nitrogen and oxygen atoms in total. The van der Waals surface area contributed by atoms with Crippen molar-refractivity contribution in [2.24, 2.45) is 0 Å². The number of rotatable bonds is 7. The van der Waals surface area contributed by atoms with Crippen LogP contribution in [0.5, 0.6) is 5.88 Å². The molecule has 0 radical (unpaired) electrons. The van der Waals surface area contributed by atoms with Crippen LogP contribution in [0.4, 0.5) is 5.69 Å². The van der Waals surface area contributed by atoms with Crippen LogP contribution in [-0.2, 0) is 11.3 Å². The molecular weight excluding hydrogens is 356 g/mol. The molecule has 0 saturated carbocycles. The lowest BCUT2D eigenvalue weighted by Gasteiger charge is -2.09. The van der Waals surface area contributed by atoms with Gasteiger partial charge in [0.2, 0.25) is 5.88 Å². The zero-order chi connectivity index (χ0) is 15.1. The van der Waals surface area contributed by atoms with E-state index in [4.69, 9.17) is 21.1 Å². The predicted octanol–water partition coefficient (Wildman–Crippen LogP) is 4.13. The second-order valence-electron chi connectivity index (χ2n) is 4.32. The summed E-state index contributed by atoms with van der Waals surface area (Å²) in [6.07, 6.45) is 1.74. The zero-order valence-corrected chi connectivity index (χ0v) is 13.9. The Hall–Kier alpha value is -1.30. The Bertz CT molecular complexity index is 578. The molecule has 21 heavy (non-hydrogen) atoms. The molecule has 0 bridgehead atoms. The summed E-state index contributed by atoms with van der Waals surface area (Å²) in [6, 6.07) is 9.49. The molecule has 0 spiro atoms. The van der Waals surface area contributed by atoms with E-state index >= 15 is 0 Å². The van der Waals surface area contributed by atoms with Crippen LogP contribution in [0.3, 0.4) is 0 Å². The van der Waals surface area contributed by atoms with Crippen molar-refractivity contribution < 1.29 is 9.47 Å². The molecule has 2 aromatic rings. The topological polar surface area (TPSA) is 43.4 Å². The molecule has 0 aliphatic heterocycles. The standard InChI is InChI=1S/C15H16BrClN2O2/c1-20-6-7-21-15-5-4-13(10-19-15)18-9-11-2-3-12(17)8-14(11)16/h2-5,8,10,18H,6-7,9H2,1H3. The fourth-order valence-corrected chi connectivity index (χ4v) is 2.49. The first-order valence-corrected chi connectivity index (χ1v) is 7.61. The highest BCUT2D eigenvalue weighted by Gasteiger charge is 2.02. The molecule has 0 aliphatic rings. The molecule has 0 aliphatic carbocycles. The van der Waals surface area contributed by atoms with Gasteiger partial charge >= 0.3 is 0 Å². The van der Waals surface area contributed by atoms with Gasteiger partial charge in [-0.2, -0.15) is 0 Å². The van der Waals surface area contributed by atoms with Crippen molar-refractivity contribution in [2.75, 3.05) is 25.6 Å². The van der Waals surface area contributed by atoms with Crippen molar-refractivity contribution in [1.29, 1.82) is 0 Å². The fraction of sp³-hybridized carbons (Fsp3) is 0.267. The number of pyridine rings is 1. The lowest BCUT2D eigenvalue weighted by molar-refractivity contribution is 0.144. The van der Waals surface area contributed by atoms with Gasteiger partial charge in [-0.25, -0.2) is 4.98 Å². The van der Waals surface area contributed by atoms with Gasteiger partial charge < -0.3 is 14.8 Å². The Kier molecular flexibility index (Phi) is 6.29. The summed E-state index contributed by atoms with van der Waals surface area (Å²) in [7, 11) is 1.64. The number of anilines is 1. The fourth-order valence-electron chi connectivity index (χ4n) is 1.66. The summed E-state index contributed by atoms with van der Waals surface area (Å²) in [6.45, 7) is 1.73. The number of aromatic nitrogens is 1. The number of nitrogens with zero attached hydrogens (tertiary/aromatic N) is 1. The highest BCUT2D eigenvalue weighted by atomic mass is 79.9. The average molecular weight is 372 g/mol. The smallest absolute Gasteiger partial charge is 0.213 e. The van der Waals surface area contributed by atoms with Crippen molar-refractivity contribution in [3.8, 4) is 5.88 Å². The Morgan fingerprint density at radius 3 is 2.76 bits per heavy atom. The van der Waals surface area contributed by atoms with E-state index in [-0.39, 0.29) is 0 Å². The maximum atomic E-state index is 5.92. The SMILES string of the molecule is COCCOc1ccc(NCc2ccc(Cl)cc2Br)cn1. The highest BCUT2D eigenvalue weighted by molar-refractivity contribution is 9.10.